The Morgan fingerprint density at radius 3 is 2.87 bits per heavy atom. The second-order valence-electron chi connectivity index (χ2n) is 3.74. The van der Waals surface area contributed by atoms with Crippen LogP contribution < -0.4 is 10.6 Å². The molecule has 1 aromatic rings. The van der Waals surface area contributed by atoms with E-state index in [4.69, 9.17) is 5.26 Å². The summed E-state index contributed by atoms with van der Waals surface area (Å²) in [5.41, 5.74) is 1.71. The third-order valence-electron chi connectivity index (χ3n) is 2.20. The van der Waals surface area contributed by atoms with E-state index in [1.807, 2.05) is 31.3 Å². The molecule has 3 nitrogen and oxygen atoms in total. The smallest absolute Gasteiger partial charge is 0.0992 e. The van der Waals surface area contributed by atoms with E-state index in [9.17, 15) is 0 Å². The van der Waals surface area contributed by atoms with E-state index >= 15 is 0 Å². The van der Waals surface area contributed by atoms with Crippen molar-refractivity contribution in [3.05, 3.63) is 29.8 Å². The van der Waals surface area contributed by atoms with E-state index in [1.54, 1.807) is 0 Å². The van der Waals surface area contributed by atoms with Gasteiger partial charge in [-0.3, -0.25) is 0 Å². The number of rotatable bonds is 5. The Morgan fingerprint density at radius 1 is 1.40 bits per heavy atom. The molecule has 1 atom stereocenters. The van der Waals surface area contributed by atoms with E-state index in [-0.39, 0.29) is 0 Å². The fraction of sp³-hybridized carbons (Fsp3) is 0.417. The zero-order chi connectivity index (χ0) is 11.1. The van der Waals surface area contributed by atoms with Gasteiger partial charge in [0.1, 0.15) is 0 Å². The average Bonchev–Trinajstić information content (AvgIpc) is 2.27. The fourth-order valence-corrected chi connectivity index (χ4v) is 1.41. The van der Waals surface area contributed by atoms with Crippen LogP contribution in [0.1, 0.15) is 12.5 Å². The fourth-order valence-electron chi connectivity index (χ4n) is 1.41. The molecule has 0 aliphatic rings. The number of nitrogens with one attached hydrogen (secondary N) is 2. The van der Waals surface area contributed by atoms with E-state index in [1.165, 1.54) is 0 Å². The molecule has 3 heteroatoms. The summed E-state index contributed by atoms with van der Waals surface area (Å²) in [7, 11) is 1.95. The van der Waals surface area contributed by atoms with Crippen molar-refractivity contribution in [2.75, 3.05) is 25.5 Å². The van der Waals surface area contributed by atoms with Crippen LogP contribution in [0.15, 0.2) is 24.3 Å². The van der Waals surface area contributed by atoms with E-state index in [0.717, 1.165) is 18.8 Å². The zero-order valence-corrected chi connectivity index (χ0v) is 9.25. The van der Waals surface area contributed by atoms with Gasteiger partial charge in [0.2, 0.25) is 0 Å². The lowest BCUT2D eigenvalue weighted by Crippen LogP contribution is -2.22. The second kappa shape index (κ2) is 6.05. The van der Waals surface area contributed by atoms with Gasteiger partial charge in [-0.2, -0.15) is 5.26 Å². The normalized spacial score (nSPS) is 11.8. The predicted molar refractivity (Wildman–Crippen MR) is 62.7 cm³/mol. The van der Waals surface area contributed by atoms with Gasteiger partial charge < -0.3 is 10.6 Å². The first-order valence-corrected chi connectivity index (χ1v) is 5.15. The Hall–Kier alpha value is -1.53. The van der Waals surface area contributed by atoms with Crippen LogP contribution in [0.5, 0.6) is 0 Å². The van der Waals surface area contributed by atoms with Crippen LogP contribution in [0.3, 0.4) is 0 Å². The van der Waals surface area contributed by atoms with Gasteiger partial charge in [0.05, 0.1) is 11.6 Å². The molecule has 0 radical (unpaired) electrons. The Balaban J connectivity index is 2.47. The molecule has 0 fully saturated rings. The van der Waals surface area contributed by atoms with Gasteiger partial charge in [-0.25, -0.2) is 0 Å². The summed E-state index contributed by atoms with van der Waals surface area (Å²) in [4.78, 5) is 0. The van der Waals surface area contributed by atoms with Gasteiger partial charge in [0.15, 0.2) is 0 Å². The minimum atomic E-state index is 0.570. The summed E-state index contributed by atoms with van der Waals surface area (Å²) in [5, 5.41) is 15.2. The van der Waals surface area contributed by atoms with Crippen molar-refractivity contribution in [3.8, 4) is 6.07 Å². The first-order valence-electron chi connectivity index (χ1n) is 5.15. The van der Waals surface area contributed by atoms with Crippen molar-refractivity contribution in [2.45, 2.75) is 6.92 Å². The molecular weight excluding hydrogens is 186 g/mol. The van der Waals surface area contributed by atoms with Crippen molar-refractivity contribution in [3.63, 3.8) is 0 Å². The number of hydrogen-bond acceptors (Lipinski definition) is 3. The van der Waals surface area contributed by atoms with Crippen LogP contribution in [-0.4, -0.2) is 20.1 Å². The largest absolute Gasteiger partial charge is 0.385 e. The molecular formula is C12H17N3. The number of hydrogen-bond donors (Lipinski definition) is 2. The molecule has 0 aliphatic heterocycles. The van der Waals surface area contributed by atoms with Gasteiger partial charge in [-0.05, 0) is 37.7 Å². The highest BCUT2D eigenvalue weighted by molar-refractivity contribution is 5.49. The molecule has 1 rings (SSSR count). The Morgan fingerprint density at radius 2 is 2.20 bits per heavy atom. The van der Waals surface area contributed by atoms with Crippen LogP contribution in [0.4, 0.5) is 5.69 Å². The summed E-state index contributed by atoms with van der Waals surface area (Å²) in [6.45, 7) is 4.08. The summed E-state index contributed by atoms with van der Waals surface area (Å²) >= 11 is 0. The highest BCUT2D eigenvalue weighted by atomic mass is 14.9. The molecule has 0 aromatic heterocycles. The minimum absolute atomic E-state index is 0.570. The molecule has 0 saturated carbocycles. The highest BCUT2D eigenvalue weighted by Crippen LogP contribution is 2.10. The minimum Gasteiger partial charge on any atom is -0.385 e. The first-order chi connectivity index (χ1) is 7.26. The molecule has 1 aromatic carbocycles. The molecule has 80 valence electrons. The SMILES string of the molecule is CNCC(C)CNc1cccc(C#N)c1. The maximum absolute atomic E-state index is 8.74. The predicted octanol–water partition coefficient (Wildman–Crippen LogP) is 1.83. The second-order valence-corrected chi connectivity index (χ2v) is 3.74. The van der Waals surface area contributed by atoms with Crippen LogP contribution in [0, 0.1) is 17.2 Å². The number of nitriles is 1. The molecule has 0 bridgehead atoms. The van der Waals surface area contributed by atoms with E-state index < -0.39 is 0 Å². The third kappa shape index (κ3) is 4.01. The van der Waals surface area contributed by atoms with Gasteiger partial charge in [0.25, 0.3) is 0 Å². The summed E-state index contributed by atoms with van der Waals surface area (Å²) in [6, 6.07) is 9.67. The van der Waals surface area contributed by atoms with Crippen molar-refractivity contribution in [1.29, 1.82) is 5.26 Å². The maximum atomic E-state index is 8.74. The topological polar surface area (TPSA) is 47.8 Å². The van der Waals surface area contributed by atoms with Gasteiger partial charge in [-0.15, -0.1) is 0 Å². The Kier molecular flexibility index (Phi) is 4.65. The Labute approximate surface area is 91.1 Å². The van der Waals surface area contributed by atoms with Crippen molar-refractivity contribution >= 4 is 5.69 Å². The van der Waals surface area contributed by atoms with Crippen LogP contribution in [-0.2, 0) is 0 Å². The quantitative estimate of drug-likeness (QED) is 0.767. The lowest BCUT2D eigenvalue weighted by molar-refractivity contribution is 0.569. The summed E-state index contributed by atoms with van der Waals surface area (Å²) < 4.78 is 0. The monoisotopic (exact) mass is 203 g/mol. The highest BCUT2D eigenvalue weighted by Gasteiger charge is 2.00. The lowest BCUT2D eigenvalue weighted by Gasteiger charge is -2.12. The van der Waals surface area contributed by atoms with Crippen molar-refractivity contribution in [1.82, 2.24) is 5.32 Å². The first kappa shape index (κ1) is 11.5. The van der Waals surface area contributed by atoms with E-state index in [0.29, 0.717) is 11.5 Å². The lowest BCUT2D eigenvalue weighted by atomic mass is 10.1. The molecule has 0 spiro atoms. The van der Waals surface area contributed by atoms with Crippen molar-refractivity contribution in [2.24, 2.45) is 5.92 Å². The van der Waals surface area contributed by atoms with Gasteiger partial charge >= 0.3 is 0 Å². The molecule has 0 saturated heterocycles. The van der Waals surface area contributed by atoms with Crippen molar-refractivity contribution < 1.29 is 0 Å². The number of benzene rings is 1. The summed E-state index contributed by atoms with van der Waals surface area (Å²) in [5.74, 6) is 0.570. The molecule has 0 heterocycles. The van der Waals surface area contributed by atoms with Gasteiger partial charge in [-0.1, -0.05) is 13.0 Å². The third-order valence-corrected chi connectivity index (χ3v) is 2.20. The average molecular weight is 203 g/mol. The Bertz CT molecular complexity index is 341. The van der Waals surface area contributed by atoms with Crippen LogP contribution in [0.25, 0.3) is 0 Å². The van der Waals surface area contributed by atoms with Gasteiger partial charge in [0, 0.05) is 12.2 Å². The van der Waals surface area contributed by atoms with Crippen LogP contribution >= 0.6 is 0 Å². The number of anilines is 1. The summed E-state index contributed by atoms with van der Waals surface area (Å²) in [6.07, 6.45) is 0. The van der Waals surface area contributed by atoms with E-state index in [2.05, 4.69) is 23.6 Å². The zero-order valence-electron chi connectivity index (χ0n) is 9.25. The maximum Gasteiger partial charge on any atom is 0.0992 e. The molecule has 1 unspecified atom stereocenters. The molecule has 0 aliphatic carbocycles. The molecule has 2 N–H and O–H groups in total. The molecule has 0 amide bonds. The molecule has 15 heavy (non-hydrogen) atoms. The van der Waals surface area contributed by atoms with Crippen LogP contribution in [0.2, 0.25) is 0 Å². The standard InChI is InChI=1S/C12H17N3/c1-10(8-14-2)9-15-12-5-3-4-11(6-12)7-13/h3-6,10,14-15H,8-9H2,1-2H3. The number of nitrogens with zero attached hydrogens (tertiary/aromatic N) is 1.